The standard InChI is InChI=1S/C12H22O5.C10H16O2.C10H18O.C10H16/c1-9(13)15-17-12(16-14)7-5-10(6-8-12)11(2,3)4;1-8(2)10-6-4-9(3,5-7-10)11-12-10;1-10(2,3)8-4-6-9(11)7-5-8;1-8(2)10-6-4-9(3)5-7-10/h10,14H,5-8H2,1-4H3;4,6,8H,5,7H2,1-3H3;8H,4-7H2,1-3H3;4,6,8H,5,7H2,1-3H3. The number of Topliss-reactive ketones (excluding diaryl/α,β-unsaturated/α-hetero) is 1. The third-order valence-electron chi connectivity index (χ3n) is 11.4. The van der Waals surface area contributed by atoms with Gasteiger partial charge in [0.25, 0.3) is 0 Å². The average molecular weight is 705 g/mol. The normalized spacial score (nSPS) is 29.8. The molecule has 4 aliphatic carbocycles. The smallest absolute Gasteiger partial charge is 0.300 e. The van der Waals surface area contributed by atoms with Crippen molar-refractivity contribution < 1.29 is 39.3 Å². The zero-order valence-corrected chi connectivity index (χ0v) is 33.9. The summed E-state index contributed by atoms with van der Waals surface area (Å²) in [5, 5.41) is 8.93. The van der Waals surface area contributed by atoms with Crippen LogP contribution in [0.4, 0.5) is 0 Å². The van der Waals surface area contributed by atoms with Crippen LogP contribution < -0.4 is 0 Å². The van der Waals surface area contributed by atoms with Gasteiger partial charge in [0, 0.05) is 32.6 Å². The Morgan fingerprint density at radius 1 is 0.820 bits per heavy atom. The fourth-order valence-electron chi connectivity index (χ4n) is 7.11. The van der Waals surface area contributed by atoms with E-state index < -0.39 is 11.8 Å². The van der Waals surface area contributed by atoms with Crippen LogP contribution >= 0.6 is 0 Å². The Morgan fingerprint density at radius 2 is 1.38 bits per heavy atom. The Labute approximate surface area is 304 Å². The van der Waals surface area contributed by atoms with Gasteiger partial charge in [-0.05, 0) is 99.7 Å². The highest BCUT2D eigenvalue weighted by Gasteiger charge is 2.47. The summed E-state index contributed by atoms with van der Waals surface area (Å²) in [4.78, 5) is 46.2. The van der Waals surface area contributed by atoms with E-state index in [2.05, 4.69) is 117 Å². The highest BCUT2D eigenvalue weighted by molar-refractivity contribution is 5.79. The molecule has 0 aromatic rings. The van der Waals surface area contributed by atoms with Crippen molar-refractivity contribution in [1.82, 2.24) is 0 Å². The molecule has 0 aromatic carbocycles. The Kier molecular flexibility index (Phi) is 16.6. The second-order valence-corrected chi connectivity index (χ2v) is 18.3. The number of ketones is 1. The van der Waals surface area contributed by atoms with Crippen molar-refractivity contribution in [3.8, 4) is 0 Å². The molecule has 6 rings (SSSR count). The molecule has 8 nitrogen and oxygen atoms in total. The number of carbonyl (C=O) groups is 2. The van der Waals surface area contributed by atoms with Crippen LogP contribution in [-0.2, 0) is 34.0 Å². The monoisotopic (exact) mass is 705 g/mol. The van der Waals surface area contributed by atoms with Gasteiger partial charge < -0.3 is 0 Å². The van der Waals surface area contributed by atoms with Gasteiger partial charge in [-0.15, -0.1) is 4.89 Å². The van der Waals surface area contributed by atoms with Crippen molar-refractivity contribution in [3.63, 3.8) is 0 Å². The largest absolute Gasteiger partial charge is 0.339 e. The summed E-state index contributed by atoms with van der Waals surface area (Å²) >= 11 is 0. The lowest BCUT2D eigenvalue weighted by Crippen LogP contribution is -2.50. The summed E-state index contributed by atoms with van der Waals surface area (Å²) in [6.45, 7) is 27.8. The molecule has 0 spiro atoms. The van der Waals surface area contributed by atoms with Crippen LogP contribution in [-0.4, -0.2) is 34.0 Å². The molecule has 1 N–H and O–H groups in total. The third-order valence-corrected chi connectivity index (χ3v) is 11.4. The second-order valence-electron chi connectivity index (χ2n) is 18.3. The molecule has 8 heteroatoms. The number of allylic oxidation sites excluding steroid dienone is 4. The van der Waals surface area contributed by atoms with Crippen molar-refractivity contribution in [2.24, 2.45) is 34.5 Å². The molecule has 2 heterocycles. The van der Waals surface area contributed by atoms with Crippen LogP contribution in [0.25, 0.3) is 0 Å². The van der Waals surface area contributed by atoms with Crippen LogP contribution in [0.15, 0.2) is 35.5 Å². The van der Waals surface area contributed by atoms with Crippen LogP contribution in [0, 0.1) is 34.5 Å². The maximum absolute atomic E-state index is 10.9. The highest BCUT2D eigenvalue weighted by atomic mass is 17.3. The molecule has 2 bridgehead atoms. The fraction of sp³-hybridized carbons (Fsp3) is 0.810. The molecule has 0 amide bonds. The minimum Gasteiger partial charge on any atom is -0.300 e. The predicted molar refractivity (Wildman–Crippen MR) is 200 cm³/mol. The number of rotatable bonds is 5. The molecule has 3 fully saturated rings. The van der Waals surface area contributed by atoms with Gasteiger partial charge in [-0.2, -0.15) is 4.89 Å². The average Bonchev–Trinajstić information content (AvgIpc) is 3.05. The first-order chi connectivity index (χ1) is 23.1. The molecule has 50 heavy (non-hydrogen) atoms. The minimum absolute atomic E-state index is 0.141. The second kappa shape index (κ2) is 18.8. The van der Waals surface area contributed by atoms with E-state index in [1.165, 1.54) is 25.3 Å². The Bertz CT molecular complexity index is 1150. The number of hydrogen-bond donors (Lipinski definition) is 1. The summed E-state index contributed by atoms with van der Waals surface area (Å²) in [5.41, 5.74) is 3.45. The van der Waals surface area contributed by atoms with E-state index in [1.54, 1.807) is 5.57 Å². The number of hydrogen-bond acceptors (Lipinski definition) is 8. The molecule has 2 aliphatic heterocycles. The van der Waals surface area contributed by atoms with Gasteiger partial charge in [-0.1, -0.05) is 105 Å². The van der Waals surface area contributed by atoms with Crippen molar-refractivity contribution in [1.29, 1.82) is 0 Å². The molecule has 2 atom stereocenters. The molecule has 2 unspecified atom stereocenters. The summed E-state index contributed by atoms with van der Waals surface area (Å²) < 4.78 is 0. The van der Waals surface area contributed by atoms with E-state index in [0.717, 1.165) is 63.2 Å². The van der Waals surface area contributed by atoms with Gasteiger partial charge in [-0.25, -0.2) is 19.8 Å². The third kappa shape index (κ3) is 13.9. The Morgan fingerprint density at radius 3 is 1.74 bits per heavy atom. The van der Waals surface area contributed by atoms with Crippen LogP contribution in [0.1, 0.15) is 167 Å². The van der Waals surface area contributed by atoms with Crippen LogP contribution in [0.2, 0.25) is 0 Å². The van der Waals surface area contributed by atoms with Gasteiger partial charge in [0.1, 0.15) is 17.0 Å². The van der Waals surface area contributed by atoms with E-state index in [4.69, 9.17) is 19.9 Å². The summed E-state index contributed by atoms with van der Waals surface area (Å²) in [6, 6.07) is 0. The lowest BCUT2D eigenvalue weighted by atomic mass is 9.71. The molecule has 0 aromatic heterocycles. The summed E-state index contributed by atoms with van der Waals surface area (Å²) in [5.74, 6) is 1.26. The van der Waals surface area contributed by atoms with Gasteiger partial charge in [0.15, 0.2) is 0 Å². The van der Waals surface area contributed by atoms with Crippen molar-refractivity contribution >= 4 is 11.8 Å². The zero-order chi connectivity index (χ0) is 38.0. The van der Waals surface area contributed by atoms with E-state index in [-0.39, 0.29) is 16.6 Å². The first kappa shape index (κ1) is 44.3. The molecule has 0 radical (unpaired) electrons. The van der Waals surface area contributed by atoms with Gasteiger partial charge in [0.2, 0.25) is 5.79 Å². The van der Waals surface area contributed by atoms with Crippen molar-refractivity contribution in [2.75, 3.05) is 0 Å². The SMILES string of the molecule is CC(=O)OOC1(OO)CCC(C(C)(C)C)CC1.CC(C)(C)C1CCC(=O)CC1.CC(C)C12C=CC(C)(CC1)OO2.CC1=CC=C(C(C)C)CC1. The topological polar surface area (TPSA) is 101 Å². The van der Waals surface area contributed by atoms with Gasteiger partial charge in [0.05, 0.1) is 0 Å². The molecule has 6 aliphatic rings. The predicted octanol–water partition coefficient (Wildman–Crippen LogP) is 11.5. The Hall–Kier alpha value is -1.84. The molecule has 2 saturated carbocycles. The minimum atomic E-state index is -1.19. The maximum Gasteiger partial charge on any atom is 0.339 e. The van der Waals surface area contributed by atoms with Gasteiger partial charge in [-0.3, -0.25) is 9.68 Å². The maximum atomic E-state index is 10.9. The fourth-order valence-corrected chi connectivity index (χ4v) is 7.11. The summed E-state index contributed by atoms with van der Waals surface area (Å²) in [7, 11) is 0. The molecular formula is C42H72O8. The summed E-state index contributed by atoms with van der Waals surface area (Å²) in [6.07, 6.45) is 20.2. The van der Waals surface area contributed by atoms with Gasteiger partial charge >= 0.3 is 5.97 Å². The molecule has 288 valence electrons. The van der Waals surface area contributed by atoms with Crippen molar-refractivity contribution in [3.05, 3.63) is 35.5 Å². The molecular weight excluding hydrogens is 632 g/mol. The first-order valence-electron chi connectivity index (χ1n) is 19.2. The zero-order valence-electron chi connectivity index (χ0n) is 33.9. The van der Waals surface area contributed by atoms with E-state index in [9.17, 15) is 9.59 Å². The lowest BCUT2D eigenvalue weighted by molar-refractivity contribution is -0.491. The Balaban J connectivity index is 0.000000236. The first-order valence-corrected chi connectivity index (χ1v) is 19.2. The quantitative estimate of drug-likeness (QED) is 0.131. The number of carbonyl (C=O) groups excluding carboxylic acids is 2. The van der Waals surface area contributed by atoms with Crippen LogP contribution in [0.5, 0.6) is 0 Å². The van der Waals surface area contributed by atoms with E-state index >= 15 is 0 Å². The lowest BCUT2D eigenvalue weighted by Gasteiger charge is -2.47. The van der Waals surface area contributed by atoms with Crippen molar-refractivity contribution in [2.45, 2.75) is 184 Å². The van der Waals surface area contributed by atoms with Crippen LogP contribution in [0.3, 0.4) is 0 Å². The van der Waals surface area contributed by atoms with E-state index in [0.29, 0.717) is 35.9 Å². The highest BCUT2D eigenvalue weighted by Crippen LogP contribution is 2.45. The number of fused-ring (bicyclic) bond motifs is 2. The molecule has 1 saturated heterocycles. The van der Waals surface area contributed by atoms with E-state index in [1.807, 2.05) is 0 Å².